The van der Waals surface area contributed by atoms with Gasteiger partial charge >= 0.3 is 0 Å². The first-order valence-electron chi connectivity index (χ1n) is 4.32. The van der Waals surface area contributed by atoms with Crippen molar-refractivity contribution < 1.29 is 18.9 Å². The number of methoxy groups -OCH3 is 2. The van der Waals surface area contributed by atoms with Gasteiger partial charge in [0.05, 0.1) is 13.2 Å². The minimum absolute atomic E-state index is 0.0786. The maximum atomic E-state index is 6.03. The van der Waals surface area contributed by atoms with Crippen molar-refractivity contribution >= 4 is 0 Å². The summed E-state index contributed by atoms with van der Waals surface area (Å²) in [5.74, 6) is 0. The van der Waals surface area contributed by atoms with E-state index in [0.29, 0.717) is 13.2 Å². The number of hydrogen-bond donors (Lipinski definition) is 1. The first-order valence-corrected chi connectivity index (χ1v) is 4.32. The van der Waals surface area contributed by atoms with Crippen molar-refractivity contribution in [3.8, 4) is 0 Å². The molecule has 2 N–H and O–H groups in total. The molecular formula is C8H15NO4. The fourth-order valence-corrected chi connectivity index (χ4v) is 1.97. The Morgan fingerprint density at radius 1 is 1.31 bits per heavy atom. The Morgan fingerprint density at radius 2 is 2.08 bits per heavy atom. The van der Waals surface area contributed by atoms with Crippen LogP contribution < -0.4 is 5.73 Å². The SMILES string of the molecule is CO[C@H]1CO[C@@]2(N)[C@@H]1OC[C@H]2OC. The van der Waals surface area contributed by atoms with Gasteiger partial charge in [-0.1, -0.05) is 0 Å². The van der Waals surface area contributed by atoms with Crippen molar-refractivity contribution in [2.75, 3.05) is 27.4 Å². The molecule has 2 fully saturated rings. The summed E-state index contributed by atoms with van der Waals surface area (Å²) in [6, 6.07) is 0. The third kappa shape index (κ3) is 1.19. The minimum atomic E-state index is -0.824. The van der Waals surface area contributed by atoms with Crippen LogP contribution in [0.25, 0.3) is 0 Å². The maximum absolute atomic E-state index is 6.03. The Bertz CT molecular complexity index is 201. The van der Waals surface area contributed by atoms with E-state index in [0.717, 1.165) is 0 Å². The Hall–Kier alpha value is -0.200. The van der Waals surface area contributed by atoms with Crippen LogP contribution in [0.1, 0.15) is 0 Å². The molecule has 0 saturated carbocycles. The van der Waals surface area contributed by atoms with E-state index in [4.69, 9.17) is 24.7 Å². The van der Waals surface area contributed by atoms with E-state index in [1.54, 1.807) is 14.2 Å². The molecule has 76 valence electrons. The molecule has 0 aromatic carbocycles. The van der Waals surface area contributed by atoms with Gasteiger partial charge in [-0.3, -0.25) is 5.73 Å². The zero-order chi connectivity index (χ0) is 9.47. The quantitative estimate of drug-likeness (QED) is 0.610. The smallest absolute Gasteiger partial charge is 0.174 e. The van der Waals surface area contributed by atoms with E-state index >= 15 is 0 Å². The van der Waals surface area contributed by atoms with E-state index in [2.05, 4.69) is 0 Å². The number of ether oxygens (including phenoxy) is 4. The topological polar surface area (TPSA) is 62.9 Å². The van der Waals surface area contributed by atoms with Crippen molar-refractivity contribution in [1.29, 1.82) is 0 Å². The molecule has 2 heterocycles. The molecule has 4 atom stereocenters. The molecule has 0 aromatic rings. The fourth-order valence-electron chi connectivity index (χ4n) is 1.97. The van der Waals surface area contributed by atoms with Gasteiger partial charge in [0, 0.05) is 14.2 Å². The van der Waals surface area contributed by atoms with Crippen LogP contribution in [-0.4, -0.2) is 51.5 Å². The van der Waals surface area contributed by atoms with E-state index in [9.17, 15) is 0 Å². The monoisotopic (exact) mass is 189 g/mol. The lowest BCUT2D eigenvalue weighted by Crippen LogP contribution is -2.55. The number of rotatable bonds is 2. The van der Waals surface area contributed by atoms with Crippen molar-refractivity contribution in [1.82, 2.24) is 0 Å². The summed E-state index contributed by atoms with van der Waals surface area (Å²) >= 11 is 0. The van der Waals surface area contributed by atoms with Crippen LogP contribution in [0.5, 0.6) is 0 Å². The second kappa shape index (κ2) is 3.18. The molecule has 2 saturated heterocycles. The van der Waals surface area contributed by atoms with Gasteiger partial charge in [-0.05, 0) is 0 Å². The van der Waals surface area contributed by atoms with Gasteiger partial charge in [0.25, 0.3) is 0 Å². The second-order valence-electron chi connectivity index (χ2n) is 3.42. The summed E-state index contributed by atoms with van der Waals surface area (Å²) in [5.41, 5.74) is 5.21. The summed E-state index contributed by atoms with van der Waals surface area (Å²) in [4.78, 5) is 0. The molecule has 0 unspecified atom stereocenters. The summed E-state index contributed by atoms with van der Waals surface area (Å²) < 4.78 is 21.3. The van der Waals surface area contributed by atoms with Crippen LogP contribution >= 0.6 is 0 Å². The predicted octanol–water partition coefficient (Wildman–Crippen LogP) is -0.900. The van der Waals surface area contributed by atoms with Crippen molar-refractivity contribution in [2.24, 2.45) is 5.73 Å². The van der Waals surface area contributed by atoms with Gasteiger partial charge in [-0.2, -0.15) is 0 Å². The fraction of sp³-hybridized carbons (Fsp3) is 1.00. The van der Waals surface area contributed by atoms with Gasteiger partial charge in [-0.15, -0.1) is 0 Å². The Kier molecular flexibility index (Phi) is 2.29. The molecule has 0 aromatic heterocycles. The molecule has 0 bridgehead atoms. The van der Waals surface area contributed by atoms with Gasteiger partial charge in [0.2, 0.25) is 0 Å². The number of fused-ring (bicyclic) bond motifs is 1. The van der Waals surface area contributed by atoms with Crippen molar-refractivity contribution in [3.63, 3.8) is 0 Å². The summed E-state index contributed by atoms with van der Waals surface area (Å²) in [6.07, 6.45) is -0.481. The molecule has 5 heteroatoms. The average molecular weight is 189 g/mol. The Balaban J connectivity index is 2.15. The third-order valence-electron chi connectivity index (χ3n) is 2.80. The Labute approximate surface area is 77.1 Å². The van der Waals surface area contributed by atoms with Crippen LogP contribution in [0.2, 0.25) is 0 Å². The van der Waals surface area contributed by atoms with Crippen molar-refractivity contribution in [2.45, 2.75) is 24.0 Å². The maximum Gasteiger partial charge on any atom is 0.174 e. The van der Waals surface area contributed by atoms with Crippen LogP contribution in [0, 0.1) is 0 Å². The lowest BCUT2D eigenvalue weighted by atomic mass is 10.0. The summed E-state index contributed by atoms with van der Waals surface area (Å²) in [7, 11) is 3.23. The highest BCUT2D eigenvalue weighted by Crippen LogP contribution is 2.35. The molecule has 5 nitrogen and oxygen atoms in total. The number of nitrogens with two attached hydrogens (primary N) is 1. The molecular weight excluding hydrogens is 174 g/mol. The standard InChI is InChI=1S/C8H15NO4/c1-10-5-3-13-8(9)6(11-2)4-12-7(5)8/h5-7H,3-4,9H2,1-2H3/t5-,6+,7+,8+/m0/s1. The molecule has 0 radical (unpaired) electrons. The molecule has 2 aliphatic rings. The van der Waals surface area contributed by atoms with E-state index in [-0.39, 0.29) is 18.3 Å². The van der Waals surface area contributed by atoms with Gasteiger partial charge in [-0.25, -0.2) is 0 Å². The highest BCUT2D eigenvalue weighted by molar-refractivity contribution is 5.04. The molecule has 13 heavy (non-hydrogen) atoms. The average Bonchev–Trinajstić information content (AvgIpc) is 2.59. The van der Waals surface area contributed by atoms with E-state index in [1.165, 1.54) is 0 Å². The molecule has 2 aliphatic heterocycles. The zero-order valence-electron chi connectivity index (χ0n) is 7.86. The van der Waals surface area contributed by atoms with Crippen LogP contribution in [0.3, 0.4) is 0 Å². The first kappa shape index (κ1) is 9.36. The molecule has 2 rings (SSSR count). The molecule has 0 amide bonds. The lowest BCUT2D eigenvalue weighted by Gasteiger charge is -2.27. The van der Waals surface area contributed by atoms with Crippen LogP contribution in [0.4, 0.5) is 0 Å². The van der Waals surface area contributed by atoms with Crippen molar-refractivity contribution in [3.05, 3.63) is 0 Å². The Morgan fingerprint density at radius 3 is 2.69 bits per heavy atom. The summed E-state index contributed by atoms with van der Waals surface area (Å²) in [6.45, 7) is 0.940. The van der Waals surface area contributed by atoms with Crippen LogP contribution in [0.15, 0.2) is 0 Å². The second-order valence-corrected chi connectivity index (χ2v) is 3.42. The largest absolute Gasteiger partial charge is 0.376 e. The number of hydrogen-bond acceptors (Lipinski definition) is 5. The predicted molar refractivity (Wildman–Crippen MR) is 44.2 cm³/mol. The third-order valence-corrected chi connectivity index (χ3v) is 2.80. The minimum Gasteiger partial charge on any atom is -0.376 e. The summed E-state index contributed by atoms with van der Waals surface area (Å²) in [5, 5.41) is 0. The van der Waals surface area contributed by atoms with Gasteiger partial charge in [0.1, 0.15) is 18.3 Å². The van der Waals surface area contributed by atoms with E-state index < -0.39 is 5.72 Å². The normalized spacial score (nSPS) is 49.6. The van der Waals surface area contributed by atoms with E-state index in [1.807, 2.05) is 0 Å². The zero-order valence-corrected chi connectivity index (χ0v) is 7.86. The first-order chi connectivity index (χ1) is 6.22. The highest BCUT2D eigenvalue weighted by atomic mass is 16.7. The van der Waals surface area contributed by atoms with Gasteiger partial charge < -0.3 is 18.9 Å². The highest BCUT2D eigenvalue weighted by Gasteiger charge is 2.58. The molecule has 0 spiro atoms. The lowest BCUT2D eigenvalue weighted by molar-refractivity contribution is -0.0858. The van der Waals surface area contributed by atoms with Gasteiger partial charge in [0.15, 0.2) is 5.72 Å². The molecule has 0 aliphatic carbocycles. The van der Waals surface area contributed by atoms with Crippen LogP contribution in [-0.2, 0) is 18.9 Å².